The summed E-state index contributed by atoms with van der Waals surface area (Å²) in [5.74, 6) is 0.854. The Kier molecular flexibility index (Phi) is 9.63. The molecule has 0 fully saturated rings. The topological polar surface area (TPSA) is 0 Å². The van der Waals surface area contributed by atoms with E-state index in [0.29, 0.717) is 0 Å². The first kappa shape index (κ1) is 12.7. The first-order valence-electron chi connectivity index (χ1n) is 5.97. The van der Waals surface area contributed by atoms with Crippen LogP contribution >= 0.6 is 0 Å². The monoisotopic (exact) mass is 182 g/mol. The van der Waals surface area contributed by atoms with Crippen LogP contribution in [0.2, 0.25) is 0 Å². The van der Waals surface area contributed by atoms with Gasteiger partial charge in [-0.15, -0.1) is 0 Å². The number of unbranched alkanes of at least 4 members (excludes halogenated alkanes) is 3. The van der Waals surface area contributed by atoms with Gasteiger partial charge in [0.1, 0.15) is 0 Å². The second-order valence-electron chi connectivity index (χ2n) is 3.92. The van der Waals surface area contributed by atoms with Crippen molar-refractivity contribution in [3.8, 4) is 0 Å². The summed E-state index contributed by atoms with van der Waals surface area (Å²) in [6.45, 7) is 6.69. The van der Waals surface area contributed by atoms with Gasteiger partial charge in [-0.1, -0.05) is 58.1 Å². The van der Waals surface area contributed by atoms with Crippen molar-refractivity contribution >= 4 is 0 Å². The average molecular weight is 182 g/mol. The molecule has 0 saturated heterocycles. The molecule has 1 atom stereocenters. The fourth-order valence-electron chi connectivity index (χ4n) is 1.81. The van der Waals surface area contributed by atoms with Gasteiger partial charge < -0.3 is 0 Å². The summed E-state index contributed by atoms with van der Waals surface area (Å²) in [6, 6.07) is 0. The maximum atomic E-state index is 2.38. The number of rotatable bonds is 8. The summed E-state index contributed by atoms with van der Waals surface area (Å²) in [4.78, 5) is 0. The molecule has 1 unspecified atom stereocenters. The number of hydrogen-bond donors (Lipinski definition) is 0. The fraction of sp³-hybridized carbons (Fsp3) is 0.846. The third-order valence-corrected chi connectivity index (χ3v) is 2.55. The molecule has 78 valence electrons. The third-order valence-electron chi connectivity index (χ3n) is 2.55. The van der Waals surface area contributed by atoms with Crippen molar-refractivity contribution in [3.63, 3.8) is 0 Å². The highest BCUT2D eigenvalue weighted by Gasteiger charge is 2.01. The van der Waals surface area contributed by atoms with Gasteiger partial charge in [0.15, 0.2) is 0 Å². The van der Waals surface area contributed by atoms with E-state index < -0.39 is 0 Å². The van der Waals surface area contributed by atoms with E-state index in [9.17, 15) is 0 Å². The van der Waals surface area contributed by atoms with E-state index in [4.69, 9.17) is 0 Å². The normalized spacial score (nSPS) is 13.8. The van der Waals surface area contributed by atoms with Gasteiger partial charge in [-0.25, -0.2) is 0 Å². The number of hydrogen-bond acceptors (Lipinski definition) is 0. The first-order chi connectivity index (χ1) is 6.35. The minimum Gasteiger partial charge on any atom is -0.0914 e. The van der Waals surface area contributed by atoms with E-state index in [1.165, 1.54) is 44.9 Å². The smallest absolute Gasteiger partial charge is 0.0234 e. The molecule has 0 aromatic rings. The van der Waals surface area contributed by atoms with Crippen molar-refractivity contribution < 1.29 is 0 Å². The maximum absolute atomic E-state index is 2.38. The third kappa shape index (κ3) is 8.08. The molecule has 13 heavy (non-hydrogen) atoms. The van der Waals surface area contributed by atoms with E-state index in [0.717, 1.165) is 5.92 Å². The predicted molar refractivity (Wildman–Crippen MR) is 62.0 cm³/mol. The highest BCUT2D eigenvalue weighted by atomic mass is 14.1. The van der Waals surface area contributed by atoms with Crippen LogP contribution in [0.4, 0.5) is 0 Å². The molecule has 0 heteroatoms. The van der Waals surface area contributed by atoms with Gasteiger partial charge in [0, 0.05) is 0 Å². The Morgan fingerprint density at radius 3 is 2.23 bits per heavy atom. The summed E-state index contributed by atoms with van der Waals surface area (Å²) in [5, 5.41) is 0. The fourth-order valence-corrected chi connectivity index (χ4v) is 1.81. The van der Waals surface area contributed by atoms with Crippen molar-refractivity contribution in [2.45, 2.75) is 65.7 Å². The summed E-state index contributed by atoms with van der Waals surface area (Å²) in [7, 11) is 0. The summed E-state index contributed by atoms with van der Waals surface area (Å²) in [5.41, 5.74) is 0. The van der Waals surface area contributed by atoms with Crippen LogP contribution in [0.5, 0.6) is 0 Å². The second-order valence-corrected chi connectivity index (χ2v) is 3.92. The van der Waals surface area contributed by atoms with Crippen LogP contribution in [0.25, 0.3) is 0 Å². The molecule has 0 aliphatic heterocycles. The highest BCUT2D eigenvalue weighted by Crippen LogP contribution is 2.17. The number of allylic oxidation sites excluding steroid dienone is 2. The van der Waals surface area contributed by atoms with Crippen LogP contribution < -0.4 is 0 Å². The molecule has 0 amide bonds. The SMILES string of the molecule is C/C=C/C(CCC)CCCCCC. The standard InChI is InChI=1S/C13H26/c1-4-7-8-9-12-13(10-5-2)11-6-3/h5,10,13H,4,6-9,11-12H2,1-3H3/b10-5+. The molecule has 0 aromatic carbocycles. The van der Waals surface area contributed by atoms with Gasteiger partial charge in [-0.2, -0.15) is 0 Å². The van der Waals surface area contributed by atoms with Gasteiger partial charge >= 0.3 is 0 Å². The summed E-state index contributed by atoms with van der Waals surface area (Å²) in [6.07, 6.45) is 14.3. The van der Waals surface area contributed by atoms with Crippen molar-refractivity contribution in [3.05, 3.63) is 12.2 Å². The zero-order chi connectivity index (χ0) is 9.94. The van der Waals surface area contributed by atoms with Gasteiger partial charge in [-0.05, 0) is 25.7 Å². The quantitative estimate of drug-likeness (QED) is 0.368. The van der Waals surface area contributed by atoms with Crippen LogP contribution in [0, 0.1) is 5.92 Å². The summed E-state index contributed by atoms with van der Waals surface area (Å²) < 4.78 is 0. The molecule has 0 bridgehead atoms. The van der Waals surface area contributed by atoms with Crippen molar-refractivity contribution in [2.24, 2.45) is 5.92 Å². The minimum atomic E-state index is 0.854. The molecular weight excluding hydrogens is 156 g/mol. The Morgan fingerprint density at radius 1 is 0.923 bits per heavy atom. The van der Waals surface area contributed by atoms with Gasteiger partial charge in [0.25, 0.3) is 0 Å². The molecular formula is C13H26. The van der Waals surface area contributed by atoms with E-state index in [-0.39, 0.29) is 0 Å². The lowest BCUT2D eigenvalue weighted by Gasteiger charge is -2.10. The molecule has 0 saturated carbocycles. The molecule has 0 rings (SSSR count). The van der Waals surface area contributed by atoms with Gasteiger partial charge in [0.2, 0.25) is 0 Å². The second kappa shape index (κ2) is 9.83. The van der Waals surface area contributed by atoms with Gasteiger partial charge in [0.05, 0.1) is 0 Å². The zero-order valence-corrected chi connectivity index (χ0v) is 9.68. The van der Waals surface area contributed by atoms with Crippen LogP contribution in [-0.4, -0.2) is 0 Å². The lowest BCUT2D eigenvalue weighted by atomic mass is 9.96. The zero-order valence-electron chi connectivity index (χ0n) is 9.68. The Hall–Kier alpha value is -0.260. The molecule has 0 aromatic heterocycles. The lowest BCUT2D eigenvalue weighted by Crippen LogP contribution is -1.95. The maximum Gasteiger partial charge on any atom is -0.0234 e. The Balaban J connectivity index is 3.44. The molecule has 0 heterocycles. The van der Waals surface area contributed by atoms with E-state index in [1.807, 2.05) is 0 Å². The molecule has 0 spiro atoms. The largest absolute Gasteiger partial charge is 0.0914 e. The Morgan fingerprint density at radius 2 is 1.69 bits per heavy atom. The van der Waals surface area contributed by atoms with Crippen molar-refractivity contribution in [1.82, 2.24) is 0 Å². The first-order valence-corrected chi connectivity index (χ1v) is 5.97. The predicted octanol–water partition coefficient (Wildman–Crippen LogP) is 4.95. The van der Waals surface area contributed by atoms with Crippen LogP contribution in [0.15, 0.2) is 12.2 Å². The van der Waals surface area contributed by atoms with Crippen LogP contribution in [0.3, 0.4) is 0 Å². The van der Waals surface area contributed by atoms with E-state index in [2.05, 4.69) is 32.9 Å². The minimum absolute atomic E-state index is 0.854. The van der Waals surface area contributed by atoms with Crippen LogP contribution in [-0.2, 0) is 0 Å². The summed E-state index contributed by atoms with van der Waals surface area (Å²) >= 11 is 0. The molecule has 0 aliphatic carbocycles. The van der Waals surface area contributed by atoms with Crippen molar-refractivity contribution in [1.29, 1.82) is 0 Å². The van der Waals surface area contributed by atoms with Gasteiger partial charge in [-0.3, -0.25) is 0 Å². The Labute approximate surface area is 84.4 Å². The lowest BCUT2D eigenvalue weighted by molar-refractivity contribution is 0.495. The molecule has 0 N–H and O–H groups in total. The molecule has 0 radical (unpaired) electrons. The Bertz CT molecular complexity index is 113. The van der Waals surface area contributed by atoms with E-state index >= 15 is 0 Å². The van der Waals surface area contributed by atoms with Crippen molar-refractivity contribution in [2.75, 3.05) is 0 Å². The van der Waals surface area contributed by atoms with Crippen LogP contribution in [0.1, 0.15) is 65.7 Å². The average Bonchev–Trinajstić information content (AvgIpc) is 2.13. The highest BCUT2D eigenvalue weighted by molar-refractivity contribution is 4.85. The molecule has 0 aliphatic rings. The molecule has 0 nitrogen and oxygen atoms in total. The van der Waals surface area contributed by atoms with E-state index in [1.54, 1.807) is 0 Å².